The second kappa shape index (κ2) is 9.74. The third-order valence-corrected chi connectivity index (χ3v) is 7.42. The largest absolute Gasteiger partial charge is 0.384 e. The normalized spacial score (nSPS) is 19.5. The van der Waals surface area contributed by atoms with E-state index in [-0.39, 0.29) is 40.2 Å². The second-order valence-electron chi connectivity index (χ2n) is 8.92. The number of non-ortho nitro benzene ring substituents is 1. The van der Waals surface area contributed by atoms with Crippen LogP contribution in [0.5, 0.6) is 0 Å². The molecule has 2 aliphatic rings. The van der Waals surface area contributed by atoms with E-state index in [0.717, 1.165) is 5.56 Å². The smallest absolute Gasteiger partial charge is 0.269 e. The van der Waals surface area contributed by atoms with Gasteiger partial charge in [-0.15, -0.1) is 0 Å². The molecule has 0 bridgehead atoms. The quantitative estimate of drug-likeness (QED) is 0.300. The molecular weight excluding hydrogens is 511 g/mol. The van der Waals surface area contributed by atoms with Crippen LogP contribution in [0.2, 0.25) is 10.0 Å². The second-order valence-corrected chi connectivity index (χ2v) is 9.76. The van der Waals surface area contributed by atoms with E-state index >= 15 is 0 Å². The number of halogens is 2. The predicted octanol–water partition coefficient (Wildman–Crippen LogP) is 6.60. The average Bonchev–Trinajstić information content (AvgIpc) is 2.89. The third kappa shape index (κ3) is 4.35. The van der Waals surface area contributed by atoms with Crippen LogP contribution in [-0.2, 0) is 4.79 Å². The highest BCUT2D eigenvalue weighted by Crippen LogP contribution is 2.50. The van der Waals surface area contributed by atoms with Crippen molar-refractivity contribution in [1.29, 1.82) is 5.26 Å². The van der Waals surface area contributed by atoms with Gasteiger partial charge >= 0.3 is 0 Å². The number of carbonyl (C=O) groups is 1. The number of benzene rings is 3. The van der Waals surface area contributed by atoms with Gasteiger partial charge in [0.2, 0.25) is 0 Å². The number of hydrogen-bond donors (Lipinski definition) is 1. The Hall–Kier alpha value is -4.12. The standard InChI is InChI=1S/C28H20Cl2N4O3/c29-18-6-8-19(9-7-18)33-24-12-17(16-4-2-1-3-5-16)13-25(35)27(24)26(22(15-31)28(33)32)21-14-20(34(36)37)10-11-23(21)30/h1-11,14,17,26H,12-13,32H2/t17-,26-/m1/s1. The van der Waals surface area contributed by atoms with Gasteiger partial charge in [-0.3, -0.25) is 19.8 Å². The molecule has 3 aromatic carbocycles. The number of carbonyl (C=O) groups excluding carboxylic acids is 1. The monoisotopic (exact) mass is 530 g/mol. The Kier molecular flexibility index (Phi) is 6.46. The van der Waals surface area contributed by atoms with E-state index in [4.69, 9.17) is 28.9 Å². The molecule has 184 valence electrons. The van der Waals surface area contributed by atoms with Crippen LogP contribution in [0.3, 0.4) is 0 Å². The molecule has 0 saturated heterocycles. The molecule has 7 nitrogen and oxygen atoms in total. The molecule has 2 atom stereocenters. The summed E-state index contributed by atoms with van der Waals surface area (Å²) in [5.41, 5.74) is 9.51. The van der Waals surface area contributed by atoms with Gasteiger partial charge in [0, 0.05) is 45.6 Å². The summed E-state index contributed by atoms with van der Waals surface area (Å²) in [5.74, 6) is -1.07. The molecule has 0 saturated carbocycles. The van der Waals surface area contributed by atoms with E-state index in [1.807, 2.05) is 30.3 Å². The van der Waals surface area contributed by atoms with Crippen molar-refractivity contribution in [2.45, 2.75) is 24.7 Å². The lowest BCUT2D eigenvalue weighted by atomic mass is 9.71. The highest BCUT2D eigenvalue weighted by atomic mass is 35.5. The molecule has 0 aromatic heterocycles. The fraction of sp³-hybridized carbons (Fsp3) is 0.143. The van der Waals surface area contributed by atoms with Crippen LogP contribution in [0.4, 0.5) is 11.4 Å². The average molecular weight is 531 g/mol. The summed E-state index contributed by atoms with van der Waals surface area (Å²) in [7, 11) is 0. The van der Waals surface area contributed by atoms with Gasteiger partial charge in [0.1, 0.15) is 5.82 Å². The highest BCUT2D eigenvalue weighted by Gasteiger charge is 2.43. The zero-order valence-electron chi connectivity index (χ0n) is 19.4. The molecule has 5 rings (SSSR count). The molecule has 0 radical (unpaired) electrons. The molecule has 1 heterocycles. The third-order valence-electron chi connectivity index (χ3n) is 6.82. The molecule has 1 aliphatic heterocycles. The Morgan fingerprint density at radius 2 is 1.73 bits per heavy atom. The SMILES string of the molecule is N#CC1=C(N)N(c2ccc(Cl)cc2)C2=C(C(=O)C[C@H](c3ccccc3)C2)[C@@H]1c1cc([N+](=O)[O-])ccc1Cl. The summed E-state index contributed by atoms with van der Waals surface area (Å²) in [4.78, 5) is 26.6. The van der Waals surface area contributed by atoms with Crippen LogP contribution in [0.25, 0.3) is 0 Å². The van der Waals surface area contributed by atoms with Gasteiger partial charge in [0.05, 0.1) is 22.5 Å². The zero-order valence-corrected chi connectivity index (χ0v) is 20.9. The summed E-state index contributed by atoms with van der Waals surface area (Å²) in [6.45, 7) is 0. The van der Waals surface area contributed by atoms with E-state index in [9.17, 15) is 20.2 Å². The number of nitrogens with zero attached hydrogens (tertiary/aromatic N) is 3. The number of hydrogen-bond acceptors (Lipinski definition) is 6. The van der Waals surface area contributed by atoms with E-state index in [1.165, 1.54) is 18.2 Å². The van der Waals surface area contributed by atoms with E-state index < -0.39 is 10.8 Å². The first-order valence-corrected chi connectivity index (χ1v) is 12.3. The van der Waals surface area contributed by atoms with Crippen molar-refractivity contribution in [3.63, 3.8) is 0 Å². The molecule has 2 N–H and O–H groups in total. The Labute approximate surface area is 223 Å². The van der Waals surface area contributed by atoms with Crippen molar-refractivity contribution in [3.8, 4) is 6.07 Å². The number of rotatable bonds is 4. The number of nitrogens with two attached hydrogens (primary N) is 1. The van der Waals surface area contributed by atoms with E-state index in [1.54, 1.807) is 29.2 Å². The lowest BCUT2D eigenvalue weighted by Crippen LogP contribution is -2.40. The first-order valence-electron chi connectivity index (χ1n) is 11.5. The summed E-state index contributed by atoms with van der Waals surface area (Å²) in [5, 5.41) is 22.5. The van der Waals surface area contributed by atoms with Gasteiger partial charge in [-0.1, -0.05) is 53.5 Å². The van der Waals surface area contributed by atoms with Gasteiger partial charge in [-0.25, -0.2) is 0 Å². The van der Waals surface area contributed by atoms with Gasteiger partial charge in [-0.05, 0) is 53.8 Å². The number of nitriles is 1. The maximum absolute atomic E-state index is 13.9. The van der Waals surface area contributed by atoms with Crippen LogP contribution in [0.1, 0.15) is 35.8 Å². The van der Waals surface area contributed by atoms with Gasteiger partial charge < -0.3 is 5.73 Å². The van der Waals surface area contributed by atoms with Crippen LogP contribution in [0, 0.1) is 21.4 Å². The molecule has 0 unspecified atom stereocenters. The van der Waals surface area contributed by atoms with Crippen LogP contribution in [0.15, 0.2) is 95.5 Å². The van der Waals surface area contributed by atoms with Crippen molar-refractivity contribution in [1.82, 2.24) is 0 Å². The topological polar surface area (TPSA) is 113 Å². The Balaban J connectivity index is 1.76. The highest BCUT2D eigenvalue weighted by molar-refractivity contribution is 6.31. The molecule has 0 fully saturated rings. The Bertz CT molecular complexity index is 1530. The van der Waals surface area contributed by atoms with Crippen molar-refractivity contribution >= 4 is 40.4 Å². The van der Waals surface area contributed by atoms with Crippen LogP contribution < -0.4 is 10.6 Å². The van der Waals surface area contributed by atoms with Crippen LogP contribution in [-0.4, -0.2) is 10.7 Å². The van der Waals surface area contributed by atoms with Gasteiger partial charge in [0.25, 0.3) is 5.69 Å². The van der Waals surface area contributed by atoms with Crippen molar-refractivity contribution in [2.24, 2.45) is 5.73 Å². The number of anilines is 1. The van der Waals surface area contributed by atoms with Crippen LogP contribution >= 0.6 is 23.2 Å². The summed E-state index contributed by atoms with van der Waals surface area (Å²) < 4.78 is 0. The minimum Gasteiger partial charge on any atom is -0.384 e. The molecule has 0 spiro atoms. The molecule has 0 amide bonds. The first-order chi connectivity index (χ1) is 17.8. The fourth-order valence-corrected chi connectivity index (χ4v) is 5.51. The summed E-state index contributed by atoms with van der Waals surface area (Å²) >= 11 is 12.6. The van der Waals surface area contributed by atoms with Crippen molar-refractivity contribution < 1.29 is 9.72 Å². The molecule has 3 aromatic rings. The van der Waals surface area contributed by atoms with Crippen molar-refractivity contribution in [3.05, 3.63) is 127 Å². The van der Waals surface area contributed by atoms with Gasteiger partial charge in [-0.2, -0.15) is 5.26 Å². The number of nitro benzene ring substituents is 1. The Morgan fingerprint density at radius 3 is 2.38 bits per heavy atom. The number of Topliss-reactive ketones (excluding diaryl/α,β-unsaturated/α-hetero) is 1. The van der Waals surface area contributed by atoms with E-state index in [0.29, 0.717) is 34.0 Å². The minimum atomic E-state index is -0.930. The molecule has 37 heavy (non-hydrogen) atoms. The summed E-state index contributed by atoms with van der Waals surface area (Å²) in [6.07, 6.45) is 0.690. The van der Waals surface area contributed by atoms with Gasteiger partial charge in [0.15, 0.2) is 5.78 Å². The van der Waals surface area contributed by atoms with Crippen molar-refractivity contribution in [2.75, 3.05) is 4.90 Å². The molecule has 1 aliphatic carbocycles. The predicted molar refractivity (Wildman–Crippen MR) is 142 cm³/mol. The lowest BCUT2D eigenvalue weighted by molar-refractivity contribution is -0.384. The number of allylic oxidation sites excluding steroid dienone is 3. The Morgan fingerprint density at radius 1 is 1.03 bits per heavy atom. The lowest BCUT2D eigenvalue weighted by Gasteiger charge is -2.41. The summed E-state index contributed by atoms with van der Waals surface area (Å²) in [6, 6.07) is 22.9. The maximum atomic E-state index is 13.9. The maximum Gasteiger partial charge on any atom is 0.269 e. The zero-order chi connectivity index (χ0) is 26.3. The van der Waals surface area contributed by atoms with E-state index in [2.05, 4.69) is 6.07 Å². The molecular formula is C28H20Cl2N4O3. The number of ketones is 1. The number of nitro groups is 1. The molecule has 9 heteroatoms. The minimum absolute atomic E-state index is 0.0996. The first kappa shape index (κ1) is 24.6. The fourth-order valence-electron chi connectivity index (χ4n) is 5.15.